The first-order chi connectivity index (χ1) is 19.9. The van der Waals surface area contributed by atoms with Crippen molar-refractivity contribution in [3.63, 3.8) is 0 Å². The molecule has 1 saturated heterocycles. The lowest BCUT2D eigenvalue weighted by Crippen LogP contribution is -2.51. The molecule has 3 aliphatic heterocycles. The van der Waals surface area contributed by atoms with Gasteiger partial charge in [-0.2, -0.15) is 0 Å². The second kappa shape index (κ2) is 9.44. The Bertz CT molecular complexity index is 1820. The fourth-order valence-electron chi connectivity index (χ4n) is 7.04. The molecule has 0 bridgehead atoms. The molecule has 1 N–H and O–H groups in total. The third-order valence-electron chi connectivity index (χ3n) is 8.71. The molecule has 1 amide bonds. The van der Waals surface area contributed by atoms with Crippen LogP contribution in [0.2, 0.25) is 10.0 Å². The highest BCUT2D eigenvalue weighted by molar-refractivity contribution is 6.36. The van der Waals surface area contributed by atoms with Crippen molar-refractivity contribution in [3.05, 3.63) is 135 Å². The van der Waals surface area contributed by atoms with Crippen LogP contribution in [-0.2, 0) is 10.2 Å². The maximum absolute atomic E-state index is 14.9. The Morgan fingerprint density at radius 2 is 1.37 bits per heavy atom. The third kappa shape index (κ3) is 3.52. The molecule has 3 heterocycles. The maximum atomic E-state index is 14.9. The minimum atomic E-state index is -1.41. The SMILES string of the molecule is CC1=CC2N(c3ccccc31)C(C(=O)c1ccccc1Cl)C(C(=O)c1ccccc1Cl)C21C(=O)Nc2ccccc21. The molecule has 4 aromatic rings. The number of benzene rings is 4. The number of hydrogen-bond donors (Lipinski definition) is 1. The molecule has 0 aromatic heterocycles. The summed E-state index contributed by atoms with van der Waals surface area (Å²) in [6, 6.07) is 27.1. The fraction of sp³-hybridized carbons (Fsp3) is 0.147. The topological polar surface area (TPSA) is 66.5 Å². The first-order valence-corrected chi connectivity index (χ1v) is 14.2. The average Bonchev–Trinajstić information content (AvgIpc) is 3.45. The molecule has 41 heavy (non-hydrogen) atoms. The second-order valence-corrected chi connectivity index (χ2v) is 11.5. The number of carbonyl (C=O) groups is 3. The molecule has 0 saturated carbocycles. The van der Waals surface area contributed by atoms with Gasteiger partial charge in [0.2, 0.25) is 5.91 Å². The Labute approximate surface area is 247 Å². The highest BCUT2D eigenvalue weighted by Gasteiger charge is 2.70. The van der Waals surface area contributed by atoms with Crippen LogP contribution in [0.3, 0.4) is 0 Å². The van der Waals surface area contributed by atoms with E-state index in [2.05, 4.69) is 5.32 Å². The lowest BCUT2D eigenvalue weighted by Gasteiger charge is -2.39. The van der Waals surface area contributed by atoms with Gasteiger partial charge in [0, 0.05) is 28.1 Å². The first kappa shape index (κ1) is 25.8. The number of anilines is 2. The smallest absolute Gasteiger partial charge is 0.238 e. The van der Waals surface area contributed by atoms with Gasteiger partial charge in [-0.1, -0.05) is 89.9 Å². The van der Waals surface area contributed by atoms with Crippen molar-refractivity contribution in [2.45, 2.75) is 24.4 Å². The molecule has 1 spiro atoms. The van der Waals surface area contributed by atoms with Gasteiger partial charge in [0.15, 0.2) is 11.6 Å². The predicted molar refractivity (Wildman–Crippen MR) is 162 cm³/mol. The molecule has 7 heteroatoms. The largest absolute Gasteiger partial charge is 0.352 e. The van der Waals surface area contributed by atoms with Gasteiger partial charge in [0.25, 0.3) is 0 Å². The zero-order valence-electron chi connectivity index (χ0n) is 22.0. The summed E-state index contributed by atoms with van der Waals surface area (Å²) in [6.45, 7) is 2.00. The van der Waals surface area contributed by atoms with E-state index in [1.807, 2.05) is 66.4 Å². The van der Waals surface area contributed by atoms with Crippen LogP contribution in [0.1, 0.15) is 38.8 Å². The van der Waals surface area contributed by atoms with Gasteiger partial charge in [-0.15, -0.1) is 0 Å². The number of Topliss-reactive ketones (excluding diaryl/α,β-unsaturated/α-hetero) is 2. The van der Waals surface area contributed by atoms with Gasteiger partial charge < -0.3 is 10.2 Å². The number of nitrogens with zero attached hydrogens (tertiary/aromatic N) is 1. The monoisotopic (exact) mass is 578 g/mol. The summed E-state index contributed by atoms with van der Waals surface area (Å²) in [5.41, 5.74) is 3.15. The van der Waals surface area contributed by atoms with Crippen molar-refractivity contribution >= 4 is 57.6 Å². The molecule has 4 atom stereocenters. The molecule has 5 nitrogen and oxygen atoms in total. The number of para-hydroxylation sites is 2. The van der Waals surface area contributed by atoms with Crippen molar-refractivity contribution in [2.24, 2.45) is 5.92 Å². The Morgan fingerprint density at radius 3 is 2.07 bits per heavy atom. The van der Waals surface area contributed by atoms with Gasteiger partial charge in [0.1, 0.15) is 11.5 Å². The molecule has 0 radical (unpaired) electrons. The van der Waals surface area contributed by atoms with Crippen LogP contribution in [0.15, 0.2) is 103 Å². The van der Waals surface area contributed by atoms with Crippen LogP contribution in [0, 0.1) is 5.92 Å². The van der Waals surface area contributed by atoms with Crippen molar-refractivity contribution in [3.8, 4) is 0 Å². The molecule has 4 unspecified atom stereocenters. The third-order valence-corrected chi connectivity index (χ3v) is 9.37. The van der Waals surface area contributed by atoms with E-state index >= 15 is 0 Å². The first-order valence-electron chi connectivity index (χ1n) is 13.4. The van der Waals surface area contributed by atoms with Crippen molar-refractivity contribution in [1.82, 2.24) is 0 Å². The Kier molecular flexibility index (Phi) is 5.93. The molecular formula is C34H24Cl2N2O3. The number of halogens is 2. The van der Waals surface area contributed by atoms with Gasteiger partial charge in [-0.05, 0) is 54.5 Å². The van der Waals surface area contributed by atoms with Crippen LogP contribution in [0.5, 0.6) is 0 Å². The zero-order chi connectivity index (χ0) is 28.5. The van der Waals surface area contributed by atoms with E-state index < -0.39 is 23.4 Å². The molecule has 1 fully saturated rings. The van der Waals surface area contributed by atoms with Crippen LogP contribution >= 0.6 is 23.2 Å². The van der Waals surface area contributed by atoms with Gasteiger partial charge in [0.05, 0.1) is 22.0 Å². The van der Waals surface area contributed by atoms with Crippen molar-refractivity contribution in [1.29, 1.82) is 0 Å². The summed E-state index contributed by atoms with van der Waals surface area (Å²) in [7, 11) is 0. The van der Waals surface area contributed by atoms with E-state index in [0.717, 1.165) is 16.8 Å². The van der Waals surface area contributed by atoms with Gasteiger partial charge in [-0.3, -0.25) is 14.4 Å². The summed E-state index contributed by atoms with van der Waals surface area (Å²) in [5, 5.41) is 3.59. The highest BCUT2D eigenvalue weighted by Crippen LogP contribution is 2.59. The van der Waals surface area contributed by atoms with E-state index in [4.69, 9.17) is 23.2 Å². The maximum Gasteiger partial charge on any atom is 0.238 e. The van der Waals surface area contributed by atoms with Crippen LogP contribution in [0.4, 0.5) is 11.4 Å². The Balaban J connectivity index is 1.58. The standard InChI is InChI=1S/C34H24Cl2N2O3/c1-19-18-28-34(23-13-5-8-16-26(23)37-33(34)41)29(31(39)21-11-2-6-14-24(21)35)30(32(40)22-12-3-7-15-25(22)36)38(28)27-17-9-4-10-20(19)27/h2-18,28-30H,1H3,(H,37,41). The molecule has 3 aliphatic rings. The summed E-state index contributed by atoms with van der Waals surface area (Å²) >= 11 is 13.2. The zero-order valence-corrected chi connectivity index (χ0v) is 23.5. The van der Waals surface area contributed by atoms with Gasteiger partial charge >= 0.3 is 0 Å². The van der Waals surface area contributed by atoms with E-state index in [-0.39, 0.29) is 33.1 Å². The quantitative estimate of drug-likeness (QED) is 0.259. The highest BCUT2D eigenvalue weighted by atomic mass is 35.5. The van der Waals surface area contributed by atoms with Crippen LogP contribution in [0.25, 0.3) is 5.57 Å². The van der Waals surface area contributed by atoms with E-state index in [1.54, 1.807) is 48.5 Å². The lowest BCUT2D eigenvalue weighted by molar-refractivity contribution is -0.121. The minimum Gasteiger partial charge on any atom is -0.352 e. The van der Waals surface area contributed by atoms with Gasteiger partial charge in [-0.25, -0.2) is 0 Å². The van der Waals surface area contributed by atoms with Crippen LogP contribution in [-0.4, -0.2) is 29.6 Å². The van der Waals surface area contributed by atoms with Crippen LogP contribution < -0.4 is 10.2 Å². The number of amides is 1. The number of hydrogen-bond acceptors (Lipinski definition) is 4. The molecular weight excluding hydrogens is 555 g/mol. The fourth-order valence-corrected chi connectivity index (χ4v) is 7.49. The van der Waals surface area contributed by atoms with E-state index in [9.17, 15) is 14.4 Å². The van der Waals surface area contributed by atoms with Crippen molar-refractivity contribution < 1.29 is 14.4 Å². The number of allylic oxidation sites excluding steroid dienone is 1. The molecule has 202 valence electrons. The number of rotatable bonds is 4. The summed E-state index contributed by atoms with van der Waals surface area (Å²) in [4.78, 5) is 46.0. The lowest BCUT2D eigenvalue weighted by atomic mass is 9.64. The summed E-state index contributed by atoms with van der Waals surface area (Å²) < 4.78 is 0. The normalized spacial score (nSPS) is 23.9. The summed E-state index contributed by atoms with van der Waals surface area (Å²) in [5.74, 6) is -2.14. The second-order valence-electron chi connectivity index (χ2n) is 10.7. The van der Waals surface area contributed by atoms with Crippen molar-refractivity contribution in [2.75, 3.05) is 10.2 Å². The van der Waals surface area contributed by atoms with E-state index in [1.165, 1.54) is 0 Å². The predicted octanol–water partition coefficient (Wildman–Crippen LogP) is 7.24. The number of fused-ring (bicyclic) bond motifs is 6. The van der Waals surface area contributed by atoms with E-state index in [0.29, 0.717) is 16.8 Å². The summed E-state index contributed by atoms with van der Waals surface area (Å²) in [6.07, 6.45) is 2.02. The Morgan fingerprint density at radius 1 is 0.780 bits per heavy atom. The number of ketones is 2. The Hall–Kier alpha value is -4.19. The molecule has 0 aliphatic carbocycles. The minimum absolute atomic E-state index is 0.264. The average molecular weight is 579 g/mol. The molecule has 7 rings (SSSR count). The molecule has 4 aromatic carbocycles. The number of nitrogens with one attached hydrogen (secondary N) is 1. The number of carbonyl (C=O) groups excluding carboxylic acids is 3.